The normalized spacial score (nSPS) is 15.2. The number of rotatable bonds is 8. The summed E-state index contributed by atoms with van der Waals surface area (Å²) in [6.45, 7) is 0. The molecule has 0 unspecified atom stereocenters. The van der Waals surface area contributed by atoms with Gasteiger partial charge in [-0.15, -0.1) is 0 Å². The Labute approximate surface area is 99.2 Å². The summed E-state index contributed by atoms with van der Waals surface area (Å²) in [6.07, 6.45) is -0.116. The van der Waals surface area contributed by atoms with E-state index in [0.717, 1.165) is 0 Å². The number of sulfonamides is 1. The Morgan fingerprint density at radius 1 is 1.24 bits per heavy atom. The summed E-state index contributed by atoms with van der Waals surface area (Å²) < 4.78 is 21.2. The molecule has 1 atom stereocenters. The van der Waals surface area contributed by atoms with Gasteiger partial charge in [0.15, 0.2) is 0 Å². The molecule has 0 heterocycles. The van der Waals surface area contributed by atoms with Crippen molar-refractivity contribution in [2.45, 2.75) is 31.2 Å². The van der Waals surface area contributed by atoms with Gasteiger partial charge in [-0.05, 0) is 19.3 Å². The molecule has 0 spiro atoms. The smallest absolute Gasteiger partial charge is 0.324 e. The molecule has 7 N–H and O–H groups in total. The van der Waals surface area contributed by atoms with Gasteiger partial charge in [-0.2, -0.15) is 0 Å². The standard InChI is InChI=1S/C8H17N3O5S/c9-6(12)5-8(10,7(13)14)3-1-2-4-17(11,15)16/h1-5,10H2,(H2,9,12)(H,13,14)(H2,11,15,16)/t8-/m0/s1. The number of carboxylic acids is 1. The van der Waals surface area contributed by atoms with Gasteiger partial charge >= 0.3 is 5.97 Å². The number of hydrogen-bond donors (Lipinski definition) is 4. The van der Waals surface area contributed by atoms with Crippen molar-refractivity contribution in [3.8, 4) is 0 Å². The summed E-state index contributed by atoms with van der Waals surface area (Å²) in [7, 11) is -3.57. The molecular weight excluding hydrogens is 250 g/mol. The van der Waals surface area contributed by atoms with Crippen molar-refractivity contribution in [1.29, 1.82) is 0 Å². The summed E-state index contributed by atoms with van der Waals surface area (Å²) >= 11 is 0. The van der Waals surface area contributed by atoms with Crippen LogP contribution in [-0.2, 0) is 19.6 Å². The molecule has 0 aliphatic carbocycles. The molecule has 0 aliphatic rings. The molecule has 0 saturated carbocycles. The number of aliphatic carboxylic acids is 1. The van der Waals surface area contributed by atoms with Gasteiger partial charge in [0, 0.05) is 0 Å². The lowest BCUT2D eigenvalue weighted by molar-refractivity contribution is -0.145. The predicted octanol–water partition coefficient (Wildman–Crippen LogP) is -1.90. The lowest BCUT2D eigenvalue weighted by atomic mass is 9.90. The molecule has 0 saturated heterocycles. The van der Waals surface area contributed by atoms with Crippen LogP contribution in [0.4, 0.5) is 0 Å². The van der Waals surface area contributed by atoms with Gasteiger partial charge in [0.05, 0.1) is 12.2 Å². The fraction of sp³-hybridized carbons (Fsp3) is 0.750. The lowest BCUT2D eigenvalue weighted by Crippen LogP contribution is -2.50. The number of amides is 1. The SMILES string of the molecule is NC(=O)C[C@@](N)(CCCCS(N)(=O)=O)C(=O)O. The molecule has 0 rings (SSSR count). The van der Waals surface area contributed by atoms with E-state index in [9.17, 15) is 18.0 Å². The van der Waals surface area contributed by atoms with E-state index >= 15 is 0 Å². The molecule has 0 aromatic rings. The maximum absolute atomic E-state index is 10.9. The minimum atomic E-state index is -3.57. The Balaban J connectivity index is 4.29. The first kappa shape index (κ1) is 15.8. The summed E-state index contributed by atoms with van der Waals surface area (Å²) in [6, 6.07) is 0. The zero-order valence-corrected chi connectivity index (χ0v) is 10.1. The van der Waals surface area contributed by atoms with Crippen molar-refractivity contribution < 1.29 is 23.1 Å². The lowest BCUT2D eigenvalue weighted by Gasteiger charge is -2.22. The molecule has 0 aliphatic heterocycles. The van der Waals surface area contributed by atoms with E-state index in [0.29, 0.717) is 0 Å². The summed E-state index contributed by atoms with van der Waals surface area (Å²) in [5, 5.41) is 13.6. The summed E-state index contributed by atoms with van der Waals surface area (Å²) in [5.74, 6) is -2.41. The van der Waals surface area contributed by atoms with Crippen molar-refractivity contribution in [3.63, 3.8) is 0 Å². The van der Waals surface area contributed by atoms with Crippen LogP contribution in [0.2, 0.25) is 0 Å². The van der Waals surface area contributed by atoms with Crippen molar-refractivity contribution >= 4 is 21.9 Å². The molecule has 0 aromatic heterocycles. The number of carbonyl (C=O) groups excluding carboxylic acids is 1. The van der Waals surface area contributed by atoms with Gasteiger partial charge in [0.25, 0.3) is 0 Å². The molecule has 1 amide bonds. The molecule has 17 heavy (non-hydrogen) atoms. The van der Waals surface area contributed by atoms with E-state index in [4.69, 9.17) is 21.7 Å². The maximum atomic E-state index is 10.9. The molecule has 8 nitrogen and oxygen atoms in total. The maximum Gasteiger partial charge on any atom is 0.324 e. The first-order valence-corrected chi connectivity index (χ1v) is 6.59. The van der Waals surface area contributed by atoms with Gasteiger partial charge in [-0.3, -0.25) is 9.59 Å². The zero-order chi connectivity index (χ0) is 13.7. The van der Waals surface area contributed by atoms with Gasteiger partial charge < -0.3 is 16.6 Å². The second-order valence-corrected chi connectivity index (χ2v) is 5.66. The highest BCUT2D eigenvalue weighted by molar-refractivity contribution is 7.89. The predicted molar refractivity (Wildman–Crippen MR) is 60.2 cm³/mol. The van der Waals surface area contributed by atoms with E-state index in [1.165, 1.54) is 0 Å². The highest BCUT2D eigenvalue weighted by atomic mass is 32.2. The third kappa shape index (κ3) is 6.87. The van der Waals surface area contributed by atoms with E-state index in [1.807, 2.05) is 0 Å². The van der Waals surface area contributed by atoms with Crippen LogP contribution in [0.3, 0.4) is 0 Å². The number of unbranched alkanes of at least 4 members (excludes halogenated alkanes) is 1. The zero-order valence-electron chi connectivity index (χ0n) is 9.26. The number of carboxylic acid groups (broad SMARTS) is 1. The van der Waals surface area contributed by atoms with Crippen LogP contribution in [0.15, 0.2) is 0 Å². The van der Waals surface area contributed by atoms with E-state index in [-0.39, 0.29) is 25.0 Å². The van der Waals surface area contributed by atoms with Crippen LogP contribution in [0, 0.1) is 0 Å². The second-order valence-electron chi connectivity index (χ2n) is 3.93. The molecule has 0 aromatic carbocycles. The molecule has 9 heteroatoms. The largest absolute Gasteiger partial charge is 0.480 e. The number of carbonyl (C=O) groups is 2. The summed E-state index contributed by atoms with van der Waals surface area (Å²) in [4.78, 5) is 21.5. The van der Waals surface area contributed by atoms with Crippen molar-refractivity contribution in [1.82, 2.24) is 0 Å². The fourth-order valence-electron chi connectivity index (χ4n) is 1.33. The molecule has 0 fully saturated rings. The van der Waals surface area contributed by atoms with Crippen LogP contribution in [0.5, 0.6) is 0 Å². The van der Waals surface area contributed by atoms with E-state index in [1.54, 1.807) is 0 Å². The van der Waals surface area contributed by atoms with Gasteiger partial charge in [-0.25, -0.2) is 13.6 Å². The third-order valence-electron chi connectivity index (χ3n) is 2.22. The number of primary sulfonamides is 1. The minimum absolute atomic E-state index is 0.0409. The van der Waals surface area contributed by atoms with Crippen molar-refractivity contribution in [3.05, 3.63) is 0 Å². The Hall–Kier alpha value is -1.19. The quantitative estimate of drug-likeness (QED) is 0.375. The fourth-order valence-corrected chi connectivity index (χ4v) is 1.93. The van der Waals surface area contributed by atoms with E-state index in [2.05, 4.69) is 0 Å². The van der Waals surface area contributed by atoms with Gasteiger partial charge in [0.2, 0.25) is 15.9 Å². The average Bonchev–Trinajstić information content (AvgIpc) is 2.09. The highest BCUT2D eigenvalue weighted by Gasteiger charge is 2.35. The van der Waals surface area contributed by atoms with E-state index < -0.39 is 33.9 Å². The minimum Gasteiger partial charge on any atom is -0.480 e. The summed E-state index contributed by atoms with van der Waals surface area (Å²) in [5.41, 5.74) is 8.66. The Morgan fingerprint density at radius 2 is 1.76 bits per heavy atom. The molecular formula is C8H17N3O5S. The average molecular weight is 267 g/mol. The monoisotopic (exact) mass is 267 g/mol. The third-order valence-corrected chi connectivity index (χ3v) is 3.08. The first-order chi connectivity index (χ1) is 7.57. The Kier molecular flexibility index (Phi) is 5.52. The highest BCUT2D eigenvalue weighted by Crippen LogP contribution is 2.16. The van der Waals surface area contributed by atoms with Gasteiger partial charge in [-0.1, -0.05) is 0 Å². The Morgan fingerprint density at radius 3 is 2.12 bits per heavy atom. The van der Waals surface area contributed by atoms with Crippen molar-refractivity contribution in [2.75, 3.05) is 5.75 Å². The topological polar surface area (TPSA) is 167 Å². The molecule has 0 radical (unpaired) electrons. The van der Waals surface area contributed by atoms with Crippen molar-refractivity contribution in [2.24, 2.45) is 16.6 Å². The Bertz CT molecular complexity index is 394. The molecule has 100 valence electrons. The number of primary amides is 1. The number of nitrogens with two attached hydrogens (primary N) is 3. The van der Waals surface area contributed by atoms with Crippen LogP contribution in [-0.4, -0.2) is 36.7 Å². The molecule has 0 bridgehead atoms. The second kappa shape index (κ2) is 5.94. The van der Waals surface area contributed by atoms with Gasteiger partial charge in [0.1, 0.15) is 5.54 Å². The first-order valence-electron chi connectivity index (χ1n) is 4.88. The van der Waals surface area contributed by atoms with Crippen LogP contribution < -0.4 is 16.6 Å². The van der Waals surface area contributed by atoms with Crippen LogP contribution >= 0.6 is 0 Å². The van der Waals surface area contributed by atoms with Crippen LogP contribution in [0.1, 0.15) is 25.7 Å². The van der Waals surface area contributed by atoms with Crippen LogP contribution in [0.25, 0.3) is 0 Å². The number of hydrogen-bond acceptors (Lipinski definition) is 5.